The lowest BCUT2D eigenvalue weighted by atomic mass is 10.1. The fourth-order valence-electron chi connectivity index (χ4n) is 1.28. The van der Waals surface area contributed by atoms with Gasteiger partial charge in [0.1, 0.15) is 0 Å². The summed E-state index contributed by atoms with van der Waals surface area (Å²) in [5.41, 5.74) is 1.85. The molecule has 0 radical (unpaired) electrons. The first-order valence-corrected chi connectivity index (χ1v) is 5.04. The molecule has 0 fully saturated rings. The van der Waals surface area contributed by atoms with Crippen LogP contribution in [0.2, 0.25) is 0 Å². The van der Waals surface area contributed by atoms with Crippen LogP contribution in [0, 0.1) is 0 Å². The molecular weight excluding hydrogens is 200 g/mol. The maximum atomic E-state index is 10.6. The topological polar surface area (TPSA) is 37.3 Å². The molecule has 76 valence electrons. The average Bonchev–Trinajstić information content (AvgIpc) is 2.18. The van der Waals surface area contributed by atoms with Crippen LogP contribution in [0.5, 0.6) is 0 Å². The van der Waals surface area contributed by atoms with Crippen LogP contribution in [0.1, 0.15) is 29.8 Å². The molecule has 1 aromatic rings. The molecule has 2 nitrogen and oxygen atoms in total. The average molecular weight is 213 g/mol. The number of rotatable bonds is 4. The number of hydrogen-bond donors (Lipinski definition) is 1. The standard InChI is InChI=1S/C11H13ClO2/c1-2-3-8-4-6-9(7-5-8)10(12)11(13)14/h4-7,10H,2-3H2,1H3,(H,13,14). The van der Waals surface area contributed by atoms with Crippen LogP contribution >= 0.6 is 11.6 Å². The molecule has 0 saturated heterocycles. The summed E-state index contributed by atoms with van der Waals surface area (Å²) in [6, 6.07) is 7.40. The van der Waals surface area contributed by atoms with Crippen molar-refractivity contribution in [1.29, 1.82) is 0 Å². The molecule has 0 amide bonds. The molecule has 1 N–H and O–H groups in total. The minimum atomic E-state index is -1.00. The summed E-state index contributed by atoms with van der Waals surface area (Å²) in [4.78, 5) is 10.6. The highest BCUT2D eigenvalue weighted by molar-refractivity contribution is 6.29. The van der Waals surface area contributed by atoms with Gasteiger partial charge in [0.25, 0.3) is 0 Å². The van der Waals surface area contributed by atoms with E-state index in [0.29, 0.717) is 5.56 Å². The number of carboxylic acids is 1. The number of benzene rings is 1. The largest absolute Gasteiger partial charge is 0.480 e. The summed E-state index contributed by atoms with van der Waals surface area (Å²) in [7, 11) is 0. The maximum absolute atomic E-state index is 10.6. The highest BCUT2D eigenvalue weighted by atomic mass is 35.5. The van der Waals surface area contributed by atoms with Crippen LogP contribution in [-0.4, -0.2) is 11.1 Å². The van der Waals surface area contributed by atoms with Gasteiger partial charge in [0.05, 0.1) is 0 Å². The third kappa shape index (κ3) is 2.74. The Labute approximate surface area is 88.5 Å². The Morgan fingerprint density at radius 3 is 2.43 bits per heavy atom. The third-order valence-electron chi connectivity index (χ3n) is 2.03. The van der Waals surface area contributed by atoms with Crippen LogP contribution in [-0.2, 0) is 11.2 Å². The summed E-state index contributed by atoms with van der Waals surface area (Å²) in [5.74, 6) is -1.00. The molecule has 1 rings (SSSR count). The Kier molecular flexibility index (Phi) is 3.96. The maximum Gasteiger partial charge on any atom is 0.326 e. The number of carboxylic acid groups (broad SMARTS) is 1. The van der Waals surface area contributed by atoms with Gasteiger partial charge in [-0.05, 0) is 17.5 Å². The lowest BCUT2D eigenvalue weighted by Crippen LogP contribution is -2.04. The van der Waals surface area contributed by atoms with E-state index in [-0.39, 0.29) is 0 Å². The van der Waals surface area contributed by atoms with Gasteiger partial charge in [0, 0.05) is 0 Å². The summed E-state index contributed by atoms with van der Waals surface area (Å²) in [5, 5.41) is 7.74. The zero-order valence-electron chi connectivity index (χ0n) is 8.03. The van der Waals surface area contributed by atoms with E-state index in [9.17, 15) is 4.79 Å². The smallest absolute Gasteiger partial charge is 0.326 e. The molecule has 0 aromatic heterocycles. The van der Waals surface area contributed by atoms with E-state index < -0.39 is 11.3 Å². The van der Waals surface area contributed by atoms with Crippen molar-refractivity contribution in [2.45, 2.75) is 25.1 Å². The first-order valence-electron chi connectivity index (χ1n) is 4.61. The molecular formula is C11H13ClO2. The molecule has 0 aliphatic heterocycles. The van der Waals surface area contributed by atoms with Crippen molar-refractivity contribution in [2.75, 3.05) is 0 Å². The van der Waals surface area contributed by atoms with Gasteiger partial charge in [-0.3, -0.25) is 4.79 Å². The highest BCUT2D eigenvalue weighted by Gasteiger charge is 2.15. The number of alkyl halides is 1. The Balaban J connectivity index is 2.77. The first-order chi connectivity index (χ1) is 6.65. The van der Waals surface area contributed by atoms with Gasteiger partial charge in [0.15, 0.2) is 5.38 Å². The van der Waals surface area contributed by atoms with Crippen molar-refractivity contribution in [3.63, 3.8) is 0 Å². The highest BCUT2D eigenvalue weighted by Crippen LogP contribution is 2.21. The van der Waals surface area contributed by atoms with E-state index in [1.165, 1.54) is 5.56 Å². The van der Waals surface area contributed by atoms with Gasteiger partial charge in [-0.1, -0.05) is 37.6 Å². The fraction of sp³-hybridized carbons (Fsp3) is 0.364. The second-order valence-corrected chi connectivity index (χ2v) is 3.63. The van der Waals surface area contributed by atoms with Crippen LogP contribution < -0.4 is 0 Å². The minimum Gasteiger partial charge on any atom is -0.480 e. The van der Waals surface area contributed by atoms with Gasteiger partial charge in [-0.15, -0.1) is 11.6 Å². The lowest BCUT2D eigenvalue weighted by Gasteiger charge is -2.05. The van der Waals surface area contributed by atoms with Crippen molar-refractivity contribution in [3.8, 4) is 0 Å². The predicted molar refractivity (Wildman–Crippen MR) is 56.7 cm³/mol. The third-order valence-corrected chi connectivity index (χ3v) is 2.47. The minimum absolute atomic E-state index is 0.638. The lowest BCUT2D eigenvalue weighted by molar-refractivity contribution is -0.136. The van der Waals surface area contributed by atoms with Crippen LogP contribution in [0.25, 0.3) is 0 Å². The van der Waals surface area contributed by atoms with Gasteiger partial charge >= 0.3 is 5.97 Å². The Morgan fingerprint density at radius 2 is 2.00 bits per heavy atom. The Hall–Kier alpha value is -1.02. The van der Waals surface area contributed by atoms with Crippen LogP contribution in [0.3, 0.4) is 0 Å². The number of halogens is 1. The van der Waals surface area contributed by atoms with Gasteiger partial charge < -0.3 is 5.11 Å². The van der Waals surface area contributed by atoms with Crippen molar-refractivity contribution in [2.24, 2.45) is 0 Å². The molecule has 14 heavy (non-hydrogen) atoms. The zero-order valence-corrected chi connectivity index (χ0v) is 8.79. The predicted octanol–water partition coefficient (Wildman–Crippen LogP) is 3.00. The molecule has 0 saturated carbocycles. The van der Waals surface area contributed by atoms with Crippen LogP contribution in [0.15, 0.2) is 24.3 Å². The molecule has 1 aromatic carbocycles. The number of carbonyl (C=O) groups is 1. The summed E-state index contributed by atoms with van der Waals surface area (Å²) < 4.78 is 0. The van der Waals surface area contributed by atoms with E-state index in [2.05, 4.69) is 6.92 Å². The van der Waals surface area contributed by atoms with E-state index in [1.807, 2.05) is 12.1 Å². The number of aryl methyl sites for hydroxylation is 1. The number of aliphatic carboxylic acids is 1. The SMILES string of the molecule is CCCc1ccc(C(Cl)C(=O)O)cc1. The summed E-state index contributed by atoms with van der Waals surface area (Å²) in [6.45, 7) is 2.11. The molecule has 0 aliphatic carbocycles. The molecule has 0 spiro atoms. The van der Waals surface area contributed by atoms with Crippen molar-refractivity contribution in [3.05, 3.63) is 35.4 Å². The molecule has 0 aliphatic rings. The van der Waals surface area contributed by atoms with E-state index in [4.69, 9.17) is 16.7 Å². The van der Waals surface area contributed by atoms with Crippen molar-refractivity contribution < 1.29 is 9.90 Å². The second-order valence-electron chi connectivity index (χ2n) is 3.19. The fourth-order valence-corrected chi connectivity index (χ4v) is 1.43. The van der Waals surface area contributed by atoms with Crippen molar-refractivity contribution >= 4 is 17.6 Å². The molecule has 3 heteroatoms. The summed E-state index contributed by atoms with van der Waals surface area (Å²) in [6.07, 6.45) is 2.10. The van der Waals surface area contributed by atoms with E-state index in [0.717, 1.165) is 12.8 Å². The van der Waals surface area contributed by atoms with Crippen LogP contribution in [0.4, 0.5) is 0 Å². The molecule has 1 atom stereocenters. The summed E-state index contributed by atoms with van der Waals surface area (Å²) >= 11 is 5.67. The van der Waals surface area contributed by atoms with Gasteiger partial charge in [-0.2, -0.15) is 0 Å². The zero-order chi connectivity index (χ0) is 10.6. The molecule has 0 bridgehead atoms. The Morgan fingerprint density at radius 1 is 1.43 bits per heavy atom. The number of hydrogen-bond acceptors (Lipinski definition) is 1. The van der Waals surface area contributed by atoms with E-state index >= 15 is 0 Å². The van der Waals surface area contributed by atoms with Gasteiger partial charge in [0.2, 0.25) is 0 Å². The Bertz CT molecular complexity index is 306. The van der Waals surface area contributed by atoms with Crippen molar-refractivity contribution in [1.82, 2.24) is 0 Å². The quantitative estimate of drug-likeness (QED) is 0.780. The first kappa shape index (κ1) is 11.1. The molecule has 1 unspecified atom stereocenters. The second kappa shape index (κ2) is 5.01. The van der Waals surface area contributed by atoms with Gasteiger partial charge in [-0.25, -0.2) is 0 Å². The van der Waals surface area contributed by atoms with E-state index in [1.54, 1.807) is 12.1 Å². The monoisotopic (exact) mass is 212 g/mol. The molecule has 0 heterocycles. The normalized spacial score (nSPS) is 12.4.